The number of fused-ring (bicyclic) bond motifs is 1. The molecule has 2 atom stereocenters. The number of rotatable bonds is 9. The maximum Gasteiger partial charge on any atom is 0.0818 e. The van der Waals surface area contributed by atoms with Gasteiger partial charge in [0.15, 0.2) is 0 Å². The molecule has 146 valence electrons. The van der Waals surface area contributed by atoms with E-state index in [9.17, 15) is 0 Å². The van der Waals surface area contributed by atoms with Crippen LogP contribution in [-0.4, -0.2) is 62.3 Å². The van der Waals surface area contributed by atoms with Gasteiger partial charge in [0.25, 0.3) is 0 Å². The molecule has 1 aliphatic heterocycles. The highest BCUT2D eigenvalue weighted by Crippen LogP contribution is 2.39. The van der Waals surface area contributed by atoms with Gasteiger partial charge in [-0.2, -0.15) is 0 Å². The van der Waals surface area contributed by atoms with Crippen molar-refractivity contribution in [1.29, 1.82) is 0 Å². The van der Waals surface area contributed by atoms with Gasteiger partial charge in [-0.25, -0.2) is 0 Å². The van der Waals surface area contributed by atoms with E-state index in [0.717, 1.165) is 11.8 Å². The Morgan fingerprint density at radius 2 is 1.33 bits per heavy atom. The third kappa shape index (κ3) is 7.55. The molecule has 0 aromatic heterocycles. The van der Waals surface area contributed by atoms with Gasteiger partial charge in [0.1, 0.15) is 0 Å². The summed E-state index contributed by atoms with van der Waals surface area (Å²) in [6, 6.07) is 0. The average molecular weight is 564 g/mol. The summed E-state index contributed by atoms with van der Waals surface area (Å²) in [5.74, 6) is 2.15. The zero-order valence-corrected chi connectivity index (χ0v) is 21.0. The smallest absolute Gasteiger partial charge is 0.0818 e. The van der Waals surface area contributed by atoms with Crippen LogP contribution in [0.3, 0.4) is 0 Å². The van der Waals surface area contributed by atoms with E-state index < -0.39 is 0 Å². The second-order valence-electron chi connectivity index (χ2n) is 8.90. The van der Waals surface area contributed by atoms with Gasteiger partial charge in [0, 0.05) is 11.8 Å². The predicted molar refractivity (Wildman–Crippen MR) is 96.8 cm³/mol. The summed E-state index contributed by atoms with van der Waals surface area (Å²) in [5, 5.41) is 0. The Morgan fingerprint density at radius 3 is 1.83 bits per heavy atom. The SMILES string of the molecule is CC[N+](C)(CC)CCCCCC[N+]1(C)CC2CCCCC2C1.[I-].[I-]. The molecule has 1 saturated carbocycles. The van der Waals surface area contributed by atoms with Crippen LogP contribution in [0, 0.1) is 11.8 Å². The first-order valence-corrected chi connectivity index (χ1v) is 10.2. The lowest BCUT2D eigenvalue weighted by Gasteiger charge is -2.32. The van der Waals surface area contributed by atoms with Crippen LogP contribution < -0.4 is 48.0 Å². The van der Waals surface area contributed by atoms with Crippen LogP contribution in [0.1, 0.15) is 65.2 Å². The zero-order chi connectivity index (χ0) is 16.1. The van der Waals surface area contributed by atoms with Crippen molar-refractivity contribution in [3.63, 3.8) is 0 Å². The summed E-state index contributed by atoms with van der Waals surface area (Å²) in [4.78, 5) is 0. The highest BCUT2D eigenvalue weighted by atomic mass is 127. The second kappa shape index (κ2) is 12.0. The zero-order valence-electron chi connectivity index (χ0n) is 16.7. The molecule has 0 spiro atoms. The largest absolute Gasteiger partial charge is 1.00 e. The monoisotopic (exact) mass is 564 g/mol. The van der Waals surface area contributed by atoms with Crippen LogP contribution in [0.4, 0.5) is 0 Å². The van der Waals surface area contributed by atoms with Gasteiger partial charge in [0.05, 0.1) is 53.4 Å². The molecular weight excluding hydrogens is 522 g/mol. The molecule has 0 aromatic rings. The number of quaternary nitrogens is 2. The van der Waals surface area contributed by atoms with Crippen molar-refractivity contribution in [2.24, 2.45) is 11.8 Å². The number of hydrogen-bond donors (Lipinski definition) is 0. The maximum absolute atomic E-state index is 2.54. The Balaban J connectivity index is 0.00000264. The third-order valence-corrected chi connectivity index (χ3v) is 7.09. The Kier molecular flexibility index (Phi) is 12.6. The van der Waals surface area contributed by atoms with Gasteiger partial charge < -0.3 is 56.9 Å². The summed E-state index contributed by atoms with van der Waals surface area (Å²) < 4.78 is 2.66. The third-order valence-electron chi connectivity index (χ3n) is 7.09. The van der Waals surface area contributed by atoms with E-state index in [1.165, 1.54) is 99.6 Å². The average Bonchev–Trinajstić information content (AvgIpc) is 2.86. The van der Waals surface area contributed by atoms with Crippen LogP contribution in [0.25, 0.3) is 0 Å². The first kappa shape index (κ1) is 25.4. The lowest BCUT2D eigenvalue weighted by molar-refractivity contribution is -0.906. The number of likely N-dealkylation sites (tertiary alicyclic amines) is 1. The summed E-state index contributed by atoms with van der Waals surface area (Å²) in [6.45, 7) is 13.0. The summed E-state index contributed by atoms with van der Waals surface area (Å²) >= 11 is 0. The summed E-state index contributed by atoms with van der Waals surface area (Å²) in [6.07, 6.45) is 11.9. The van der Waals surface area contributed by atoms with Gasteiger partial charge in [-0.05, 0) is 52.4 Å². The van der Waals surface area contributed by atoms with E-state index in [4.69, 9.17) is 0 Å². The molecule has 1 saturated heterocycles. The van der Waals surface area contributed by atoms with Crippen LogP contribution in [0.15, 0.2) is 0 Å². The highest BCUT2D eigenvalue weighted by Gasteiger charge is 2.42. The van der Waals surface area contributed by atoms with Crippen molar-refractivity contribution >= 4 is 0 Å². The number of nitrogens with zero attached hydrogens (tertiary/aromatic N) is 2. The van der Waals surface area contributed by atoms with Crippen LogP contribution in [-0.2, 0) is 0 Å². The number of hydrogen-bond acceptors (Lipinski definition) is 0. The van der Waals surface area contributed by atoms with Gasteiger partial charge in [-0.3, -0.25) is 0 Å². The van der Waals surface area contributed by atoms with E-state index >= 15 is 0 Å². The van der Waals surface area contributed by atoms with Crippen LogP contribution in [0.2, 0.25) is 0 Å². The van der Waals surface area contributed by atoms with E-state index in [0.29, 0.717) is 0 Å². The van der Waals surface area contributed by atoms with Crippen molar-refractivity contribution in [3.05, 3.63) is 0 Å². The lowest BCUT2D eigenvalue weighted by atomic mass is 9.82. The molecule has 2 fully saturated rings. The molecule has 1 heterocycles. The van der Waals surface area contributed by atoms with Crippen molar-refractivity contribution in [2.75, 3.05) is 53.4 Å². The molecule has 24 heavy (non-hydrogen) atoms. The lowest BCUT2D eigenvalue weighted by Crippen LogP contribution is -3.00. The second-order valence-corrected chi connectivity index (χ2v) is 8.90. The van der Waals surface area contributed by atoms with E-state index in [2.05, 4.69) is 27.9 Å². The normalized spacial score (nSPS) is 29.5. The van der Waals surface area contributed by atoms with Gasteiger partial charge in [-0.15, -0.1) is 0 Å². The highest BCUT2D eigenvalue weighted by molar-refractivity contribution is 4.80. The van der Waals surface area contributed by atoms with E-state index in [1.807, 2.05) is 0 Å². The first-order chi connectivity index (χ1) is 10.5. The van der Waals surface area contributed by atoms with Crippen molar-refractivity contribution in [3.8, 4) is 0 Å². The molecule has 2 unspecified atom stereocenters. The fourth-order valence-electron chi connectivity index (χ4n) is 5.04. The Labute approximate surface area is 186 Å². The maximum atomic E-state index is 2.54. The van der Waals surface area contributed by atoms with Crippen molar-refractivity contribution in [2.45, 2.75) is 65.2 Å². The summed E-state index contributed by atoms with van der Waals surface area (Å²) in [5.41, 5.74) is 0. The molecule has 0 N–H and O–H groups in total. The minimum atomic E-state index is 0. The van der Waals surface area contributed by atoms with Gasteiger partial charge >= 0.3 is 0 Å². The molecule has 2 rings (SSSR count). The first-order valence-electron chi connectivity index (χ1n) is 10.2. The molecule has 0 bridgehead atoms. The van der Waals surface area contributed by atoms with Crippen molar-refractivity contribution < 1.29 is 56.9 Å². The van der Waals surface area contributed by atoms with Crippen LogP contribution in [0.5, 0.6) is 0 Å². The minimum Gasteiger partial charge on any atom is -1.00 e. The molecule has 0 radical (unpaired) electrons. The Morgan fingerprint density at radius 1 is 0.833 bits per heavy atom. The Hall–Kier alpha value is 1.38. The van der Waals surface area contributed by atoms with E-state index in [-0.39, 0.29) is 48.0 Å². The molecule has 0 amide bonds. The molecular formula is C20H42I2N2. The van der Waals surface area contributed by atoms with Gasteiger partial charge in [-0.1, -0.05) is 12.8 Å². The minimum absolute atomic E-state index is 0. The molecule has 2 aliphatic rings. The fraction of sp³-hybridized carbons (Fsp3) is 1.00. The number of unbranched alkanes of at least 4 members (excludes halogenated alkanes) is 3. The molecule has 2 nitrogen and oxygen atoms in total. The fourth-order valence-corrected chi connectivity index (χ4v) is 5.04. The predicted octanol–water partition coefficient (Wildman–Crippen LogP) is -1.69. The van der Waals surface area contributed by atoms with Crippen LogP contribution >= 0.6 is 0 Å². The van der Waals surface area contributed by atoms with E-state index in [1.54, 1.807) is 0 Å². The molecule has 0 aromatic carbocycles. The molecule has 1 aliphatic carbocycles. The Bertz CT molecular complexity index is 318. The quantitative estimate of drug-likeness (QED) is 0.178. The molecule has 4 heteroatoms. The summed E-state index contributed by atoms with van der Waals surface area (Å²) in [7, 11) is 4.96. The topological polar surface area (TPSA) is 0 Å². The van der Waals surface area contributed by atoms with Crippen molar-refractivity contribution in [1.82, 2.24) is 0 Å². The number of halogens is 2. The standard InChI is InChI=1S/C20H42N2.2HI/c1-5-21(3,6-2)15-11-7-8-12-16-22(4)17-19-13-9-10-14-20(19)18-22;;/h19-20H,5-18H2,1-4H3;2*1H/q+2;;/p-2. The van der Waals surface area contributed by atoms with Gasteiger partial charge in [0.2, 0.25) is 0 Å².